The molecule has 26 heavy (non-hydrogen) atoms. The Balaban J connectivity index is 2.44. The Labute approximate surface area is 144 Å². The van der Waals surface area contributed by atoms with Crippen molar-refractivity contribution in [2.45, 2.75) is 18.8 Å². The van der Waals surface area contributed by atoms with Gasteiger partial charge in [0.15, 0.2) is 0 Å². The topological polar surface area (TPSA) is 98.1 Å². The molecule has 1 atom stereocenters. The number of carbonyl (C=O) groups excluding carboxylic acids is 2. The van der Waals surface area contributed by atoms with Gasteiger partial charge in [-0.25, -0.2) is 13.9 Å². The first-order valence-corrected chi connectivity index (χ1v) is 7.14. The van der Waals surface area contributed by atoms with Crippen LogP contribution in [0.5, 0.6) is 0 Å². The Hall–Kier alpha value is -3.18. The summed E-state index contributed by atoms with van der Waals surface area (Å²) in [5.41, 5.74) is -2.13. The smallest absolute Gasteiger partial charge is 0.443 e. The Morgan fingerprint density at radius 3 is 2.23 bits per heavy atom. The summed E-state index contributed by atoms with van der Waals surface area (Å²) in [7, 11) is 0. The molecule has 8 nitrogen and oxygen atoms in total. The number of alkyl halides is 3. The highest BCUT2D eigenvalue weighted by Gasteiger charge is 2.64. The molecule has 0 aliphatic heterocycles. The molecule has 0 saturated heterocycles. The van der Waals surface area contributed by atoms with Crippen molar-refractivity contribution >= 4 is 11.9 Å². The van der Waals surface area contributed by atoms with Crippen molar-refractivity contribution in [1.82, 2.24) is 20.2 Å². The van der Waals surface area contributed by atoms with E-state index >= 15 is 0 Å². The van der Waals surface area contributed by atoms with Gasteiger partial charge in [-0.3, -0.25) is 10.2 Å². The molecule has 0 spiro atoms. The molecule has 0 aliphatic rings. The monoisotopic (exact) mass is 375 g/mol. The van der Waals surface area contributed by atoms with Gasteiger partial charge in [0.2, 0.25) is 0 Å². The molecule has 2 aromatic rings. The van der Waals surface area contributed by atoms with E-state index in [0.717, 1.165) is 36.9 Å². The zero-order valence-corrected chi connectivity index (χ0v) is 13.2. The molecule has 1 aromatic heterocycles. The Morgan fingerprint density at radius 1 is 1.15 bits per heavy atom. The summed E-state index contributed by atoms with van der Waals surface area (Å²) in [5, 5.41) is 8.22. The van der Waals surface area contributed by atoms with Crippen LogP contribution in [0.15, 0.2) is 36.9 Å². The number of hydrogen-bond acceptors (Lipinski definition) is 6. The molecular weight excluding hydrogens is 362 g/mol. The summed E-state index contributed by atoms with van der Waals surface area (Å²) in [6.07, 6.45) is -3.60. The number of aromatic nitrogens is 3. The molecule has 0 fully saturated rings. The van der Waals surface area contributed by atoms with Gasteiger partial charge >= 0.3 is 17.8 Å². The summed E-state index contributed by atoms with van der Waals surface area (Å²) >= 11 is 0. The minimum absolute atomic E-state index is 0.296. The first-order valence-electron chi connectivity index (χ1n) is 7.14. The SMILES string of the molecule is CCOC(=O)C(NC(=O)c1ccc(F)cc1)(Nn1cnnc1)C(F)(F)F. The quantitative estimate of drug-likeness (QED) is 0.448. The fraction of sp³-hybridized carbons (Fsp3) is 0.286. The second-order valence-electron chi connectivity index (χ2n) is 4.91. The fourth-order valence-corrected chi connectivity index (χ4v) is 1.91. The molecule has 0 radical (unpaired) electrons. The number of nitrogens with zero attached hydrogens (tertiary/aromatic N) is 3. The van der Waals surface area contributed by atoms with Gasteiger partial charge in [-0.05, 0) is 31.2 Å². The molecule has 140 valence electrons. The molecule has 12 heteroatoms. The van der Waals surface area contributed by atoms with Crippen molar-refractivity contribution < 1.29 is 31.9 Å². The maximum atomic E-state index is 13.8. The molecule has 2 N–H and O–H groups in total. The lowest BCUT2D eigenvalue weighted by atomic mass is 10.1. The number of amides is 1. The fourth-order valence-electron chi connectivity index (χ4n) is 1.91. The van der Waals surface area contributed by atoms with Crippen LogP contribution in [-0.2, 0) is 9.53 Å². The third-order valence-electron chi connectivity index (χ3n) is 3.13. The minimum atomic E-state index is -5.31. The molecule has 1 unspecified atom stereocenters. The first-order chi connectivity index (χ1) is 12.2. The number of nitrogens with one attached hydrogen (secondary N) is 2. The summed E-state index contributed by atoms with van der Waals surface area (Å²) < 4.78 is 59.4. The van der Waals surface area contributed by atoms with Gasteiger partial charge < -0.3 is 10.1 Å². The highest BCUT2D eigenvalue weighted by Crippen LogP contribution is 2.31. The van der Waals surface area contributed by atoms with Crippen LogP contribution in [0.25, 0.3) is 0 Å². The zero-order valence-electron chi connectivity index (χ0n) is 13.2. The van der Waals surface area contributed by atoms with E-state index in [9.17, 15) is 27.2 Å². The second kappa shape index (κ2) is 7.37. The van der Waals surface area contributed by atoms with Crippen molar-refractivity contribution in [3.05, 3.63) is 48.3 Å². The molecule has 0 bridgehead atoms. The van der Waals surface area contributed by atoms with Crippen molar-refractivity contribution in [2.24, 2.45) is 0 Å². The lowest BCUT2D eigenvalue weighted by Gasteiger charge is -2.35. The van der Waals surface area contributed by atoms with Crippen LogP contribution in [-0.4, -0.2) is 45.2 Å². The van der Waals surface area contributed by atoms with Crippen LogP contribution < -0.4 is 10.7 Å². The minimum Gasteiger partial charge on any atom is -0.463 e. The van der Waals surface area contributed by atoms with E-state index in [1.807, 2.05) is 0 Å². The number of halogens is 4. The van der Waals surface area contributed by atoms with Crippen molar-refractivity contribution in [3.63, 3.8) is 0 Å². The summed E-state index contributed by atoms with van der Waals surface area (Å²) in [4.78, 5) is 24.4. The summed E-state index contributed by atoms with van der Waals surface area (Å²) in [5.74, 6) is -3.76. The standard InChI is InChI=1S/C14H13F4N5O3/c1-2-26-12(25)13(14(16,17)18,22-23-7-19-20-8-23)21-11(24)9-3-5-10(15)6-4-9/h3-8,22H,2H2,1H3,(H,21,24). The van der Waals surface area contributed by atoms with E-state index in [1.165, 1.54) is 6.92 Å². The summed E-state index contributed by atoms with van der Waals surface area (Å²) in [6, 6.07) is 3.72. The van der Waals surface area contributed by atoms with E-state index < -0.39 is 29.5 Å². The van der Waals surface area contributed by atoms with E-state index in [1.54, 1.807) is 10.7 Å². The number of ether oxygens (including phenoxy) is 1. The maximum absolute atomic E-state index is 13.8. The van der Waals surface area contributed by atoms with Crippen LogP contribution in [0, 0.1) is 5.82 Å². The Morgan fingerprint density at radius 2 is 1.73 bits per heavy atom. The number of benzene rings is 1. The number of carbonyl (C=O) groups is 2. The van der Waals surface area contributed by atoms with Crippen LogP contribution in [0.2, 0.25) is 0 Å². The van der Waals surface area contributed by atoms with E-state index in [0.29, 0.717) is 4.68 Å². The predicted molar refractivity (Wildman–Crippen MR) is 78.7 cm³/mol. The third kappa shape index (κ3) is 3.90. The predicted octanol–water partition coefficient (Wildman–Crippen LogP) is 1.21. The normalized spacial score (nSPS) is 13.6. The average Bonchev–Trinajstić information content (AvgIpc) is 3.06. The first kappa shape index (κ1) is 19.1. The largest absolute Gasteiger partial charge is 0.463 e. The highest BCUT2D eigenvalue weighted by atomic mass is 19.4. The zero-order chi connectivity index (χ0) is 19.4. The van der Waals surface area contributed by atoms with Crippen LogP contribution in [0.3, 0.4) is 0 Å². The lowest BCUT2D eigenvalue weighted by Crippen LogP contribution is -2.71. The van der Waals surface area contributed by atoms with Gasteiger partial charge in [0.25, 0.3) is 5.91 Å². The van der Waals surface area contributed by atoms with Crippen LogP contribution in [0.4, 0.5) is 17.6 Å². The third-order valence-corrected chi connectivity index (χ3v) is 3.13. The van der Waals surface area contributed by atoms with Gasteiger partial charge in [-0.2, -0.15) is 13.2 Å². The van der Waals surface area contributed by atoms with Gasteiger partial charge in [0.1, 0.15) is 18.5 Å². The number of esters is 1. The average molecular weight is 375 g/mol. The van der Waals surface area contributed by atoms with Crippen molar-refractivity contribution in [1.29, 1.82) is 0 Å². The van der Waals surface area contributed by atoms with E-state index in [-0.39, 0.29) is 12.2 Å². The van der Waals surface area contributed by atoms with Crippen LogP contribution in [0.1, 0.15) is 17.3 Å². The molecule has 1 aromatic carbocycles. The van der Waals surface area contributed by atoms with Crippen molar-refractivity contribution in [2.75, 3.05) is 12.0 Å². The molecule has 0 saturated carbocycles. The number of hydrogen-bond donors (Lipinski definition) is 2. The van der Waals surface area contributed by atoms with Gasteiger partial charge in [0, 0.05) is 5.56 Å². The summed E-state index contributed by atoms with van der Waals surface area (Å²) in [6.45, 7) is 0.937. The maximum Gasteiger partial charge on any atom is 0.443 e. The molecule has 1 heterocycles. The Kier molecular flexibility index (Phi) is 5.43. The Bertz CT molecular complexity index is 764. The van der Waals surface area contributed by atoms with Gasteiger partial charge in [0.05, 0.1) is 6.61 Å². The molecular formula is C14H13F4N5O3. The highest BCUT2D eigenvalue weighted by molar-refractivity contribution is 5.98. The molecule has 2 rings (SSSR count). The number of rotatable bonds is 6. The molecule has 0 aliphatic carbocycles. The van der Waals surface area contributed by atoms with Gasteiger partial charge in [-0.1, -0.05) is 0 Å². The van der Waals surface area contributed by atoms with E-state index in [2.05, 4.69) is 14.9 Å². The lowest BCUT2D eigenvalue weighted by molar-refractivity contribution is -0.206. The van der Waals surface area contributed by atoms with Crippen LogP contribution >= 0.6 is 0 Å². The van der Waals surface area contributed by atoms with E-state index in [4.69, 9.17) is 0 Å². The molecule has 1 amide bonds. The van der Waals surface area contributed by atoms with Crippen molar-refractivity contribution in [3.8, 4) is 0 Å². The second-order valence-corrected chi connectivity index (χ2v) is 4.91. The van der Waals surface area contributed by atoms with Gasteiger partial charge in [-0.15, -0.1) is 10.2 Å².